The SMILES string of the molecule is CC(=O)Nc1ccc(F)c(NC(=O)c2cc(NC(=O)C3CC3(Cl)Cl)cc(F)c2F)c1F. The van der Waals surface area contributed by atoms with E-state index in [1.54, 1.807) is 5.32 Å². The van der Waals surface area contributed by atoms with Crippen molar-refractivity contribution >= 4 is 58.0 Å². The van der Waals surface area contributed by atoms with Crippen LogP contribution in [-0.2, 0) is 9.59 Å². The summed E-state index contributed by atoms with van der Waals surface area (Å²) in [5, 5.41) is 6.15. The van der Waals surface area contributed by atoms with E-state index in [2.05, 4.69) is 10.6 Å². The first-order chi connectivity index (χ1) is 14.4. The number of halogens is 6. The van der Waals surface area contributed by atoms with Crippen LogP contribution in [0.2, 0.25) is 0 Å². The van der Waals surface area contributed by atoms with E-state index in [0.717, 1.165) is 25.1 Å². The topological polar surface area (TPSA) is 87.3 Å². The summed E-state index contributed by atoms with van der Waals surface area (Å²) >= 11 is 11.6. The van der Waals surface area contributed by atoms with Gasteiger partial charge in [0.15, 0.2) is 17.5 Å². The third kappa shape index (κ3) is 4.91. The van der Waals surface area contributed by atoms with E-state index >= 15 is 0 Å². The number of anilines is 3. The fourth-order valence-electron chi connectivity index (χ4n) is 2.69. The summed E-state index contributed by atoms with van der Waals surface area (Å²) in [6.45, 7) is 1.08. The Bertz CT molecular complexity index is 1110. The molecule has 164 valence electrons. The Labute approximate surface area is 182 Å². The number of hydrogen-bond donors (Lipinski definition) is 3. The quantitative estimate of drug-likeness (QED) is 0.434. The fourth-order valence-corrected chi connectivity index (χ4v) is 3.19. The van der Waals surface area contributed by atoms with Gasteiger partial charge in [0.2, 0.25) is 11.8 Å². The van der Waals surface area contributed by atoms with Crippen LogP contribution in [0, 0.1) is 29.2 Å². The fraction of sp³-hybridized carbons (Fsp3) is 0.211. The monoisotopic (exact) mass is 477 g/mol. The summed E-state index contributed by atoms with van der Waals surface area (Å²) in [5.41, 5.74) is -2.65. The van der Waals surface area contributed by atoms with Crippen molar-refractivity contribution in [1.82, 2.24) is 0 Å². The van der Waals surface area contributed by atoms with Gasteiger partial charge in [0, 0.05) is 18.7 Å². The second kappa shape index (κ2) is 8.35. The molecule has 0 aliphatic heterocycles. The van der Waals surface area contributed by atoms with E-state index in [9.17, 15) is 31.9 Å². The molecule has 1 unspecified atom stereocenters. The van der Waals surface area contributed by atoms with Crippen LogP contribution in [0.15, 0.2) is 24.3 Å². The Morgan fingerprint density at radius 3 is 2.19 bits per heavy atom. The van der Waals surface area contributed by atoms with Crippen molar-refractivity contribution in [2.45, 2.75) is 17.7 Å². The standard InChI is InChI=1S/C19H13Cl2F4N3O3/c1-7(29)26-13-3-2-11(22)16(15(13)25)28-17(30)9-4-8(5-12(23)14(9)24)27-18(31)10-6-19(10,20)21/h2-5,10H,6H2,1H3,(H,26,29)(H,27,31)(H,28,30). The smallest absolute Gasteiger partial charge is 0.258 e. The molecular formula is C19H13Cl2F4N3O3. The van der Waals surface area contributed by atoms with Gasteiger partial charge in [-0.15, -0.1) is 23.2 Å². The van der Waals surface area contributed by atoms with Gasteiger partial charge in [-0.25, -0.2) is 17.6 Å². The number of rotatable bonds is 5. The maximum atomic E-state index is 14.5. The molecule has 0 saturated heterocycles. The van der Waals surface area contributed by atoms with Gasteiger partial charge in [-0.3, -0.25) is 14.4 Å². The predicted molar refractivity (Wildman–Crippen MR) is 106 cm³/mol. The minimum atomic E-state index is -1.61. The van der Waals surface area contributed by atoms with Crippen LogP contribution in [0.4, 0.5) is 34.6 Å². The first-order valence-corrected chi connectivity index (χ1v) is 9.41. The van der Waals surface area contributed by atoms with E-state index in [1.165, 1.54) is 0 Å². The molecule has 3 N–H and O–H groups in total. The van der Waals surface area contributed by atoms with Gasteiger partial charge < -0.3 is 16.0 Å². The lowest BCUT2D eigenvalue weighted by atomic mass is 10.1. The van der Waals surface area contributed by atoms with Gasteiger partial charge in [0.25, 0.3) is 5.91 Å². The number of amides is 3. The molecule has 31 heavy (non-hydrogen) atoms. The van der Waals surface area contributed by atoms with Crippen LogP contribution in [0.5, 0.6) is 0 Å². The number of nitrogens with one attached hydrogen (secondary N) is 3. The van der Waals surface area contributed by atoms with E-state index in [0.29, 0.717) is 6.07 Å². The summed E-state index contributed by atoms with van der Waals surface area (Å²) < 4.78 is 55.4. The van der Waals surface area contributed by atoms with Gasteiger partial charge in [0.05, 0.1) is 17.2 Å². The summed E-state index contributed by atoms with van der Waals surface area (Å²) in [4.78, 5) is 35.6. The first kappa shape index (κ1) is 22.8. The molecule has 3 rings (SSSR count). The van der Waals surface area contributed by atoms with Crippen LogP contribution in [0.25, 0.3) is 0 Å². The van der Waals surface area contributed by atoms with Gasteiger partial charge in [0.1, 0.15) is 15.8 Å². The molecule has 0 heterocycles. The van der Waals surface area contributed by atoms with Gasteiger partial charge >= 0.3 is 0 Å². The van der Waals surface area contributed by atoms with Crippen molar-refractivity contribution in [3.63, 3.8) is 0 Å². The first-order valence-electron chi connectivity index (χ1n) is 8.65. The van der Waals surface area contributed by atoms with Gasteiger partial charge in [-0.2, -0.15) is 0 Å². The summed E-state index contributed by atoms with van der Waals surface area (Å²) in [5.74, 6) is -9.17. The average Bonchev–Trinajstić information content (AvgIpc) is 3.32. The summed E-state index contributed by atoms with van der Waals surface area (Å²) in [6, 6.07) is 3.09. The average molecular weight is 478 g/mol. The van der Waals surface area contributed by atoms with Crippen molar-refractivity contribution in [2.75, 3.05) is 16.0 Å². The molecule has 3 amide bonds. The molecule has 2 aromatic rings. The van der Waals surface area contributed by atoms with Crippen molar-refractivity contribution in [2.24, 2.45) is 5.92 Å². The Balaban J connectivity index is 1.87. The molecule has 1 aliphatic rings. The zero-order chi connectivity index (χ0) is 23.1. The lowest BCUT2D eigenvalue weighted by Gasteiger charge is -2.13. The number of carbonyl (C=O) groups excluding carboxylic acids is 3. The van der Waals surface area contributed by atoms with E-state index < -0.39 is 68.2 Å². The zero-order valence-corrected chi connectivity index (χ0v) is 17.1. The highest BCUT2D eigenvalue weighted by Crippen LogP contribution is 2.53. The van der Waals surface area contributed by atoms with Crippen LogP contribution in [-0.4, -0.2) is 22.1 Å². The molecule has 0 radical (unpaired) electrons. The zero-order valence-electron chi connectivity index (χ0n) is 15.6. The third-order valence-electron chi connectivity index (χ3n) is 4.32. The lowest BCUT2D eigenvalue weighted by molar-refractivity contribution is -0.117. The molecule has 1 saturated carbocycles. The van der Waals surface area contributed by atoms with Crippen molar-refractivity contribution in [3.8, 4) is 0 Å². The van der Waals surface area contributed by atoms with Crippen LogP contribution in [0.1, 0.15) is 23.7 Å². The van der Waals surface area contributed by atoms with Gasteiger partial charge in [-0.05, 0) is 24.6 Å². The maximum absolute atomic E-state index is 14.5. The molecule has 1 fully saturated rings. The molecule has 2 aromatic carbocycles. The van der Waals surface area contributed by atoms with Crippen molar-refractivity contribution in [1.29, 1.82) is 0 Å². The van der Waals surface area contributed by atoms with Crippen molar-refractivity contribution < 1.29 is 31.9 Å². The Hall–Kier alpha value is -2.85. The second-order valence-corrected chi connectivity index (χ2v) is 8.29. The number of carbonyl (C=O) groups is 3. The maximum Gasteiger partial charge on any atom is 0.258 e. The Morgan fingerprint density at radius 2 is 1.61 bits per heavy atom. The summed E-state index contributed by atoms with van der Waals surface area (Å²) in [7, 11) is 0. The molecule has 1 aliphatic carbocycles. The van der Waals surface area contributed by atoms with E-state index in [-0.39, 0.29) is 12.1 Å². The van der Waals surface area contributed by atoms with Crippen LogP contribution < -0.4 is 16.0 Å². The molecule has 6 nitrogen and oxygen atoms in total. The summed E-state index contributed by atoms with van der Waals surface area (Å²) in [6.07, 6.45) is 0.155. The third-order valence-corrected chi connectivity index (χ3v) is 5.16. The highest BCUT2D eigenvalue weighted by Gasteiger charge is 2.56. The number of benzene rings is 2. The molecule has 0 bridgehead atoms. The molecule has 0 spiro atoms. The van der Waals surface area contributed by atoms with E-state index in [1.807, 2.05) is 0 Å². The Morgan fingerprint density at radius 1 is 0.968 bits per heavy atom. The minimum absolute atomic E-state index is 0.155. The molecule has 1 atom stereocenters. The highest BCUT2D eigenvalue weighted by molar-refractivity contribution is 6.52. The largest absolute Gasteiger partial charge is 0.326 e. The number of hydrogen-bond acceptors (Lipinski definition) is 3. The number of alkyl halides is 2. The van der Waals surface area contributed by atoms with E-state index in [4.69, 9.17) is 23.2 Å². The second-order valence-electron chi connectivity index (χ2n) is 6.75. The minimum Gasteiger partial charge on any atom is -0.326 e. The predicted octanol–water partition coefficient (Wildman–Crippen LogP) is 4.59. The Kier molecular flexibility index (Phi) is 6.15. The van der Waals surface area contributed by atoms with Crippen LogP contribution >= 0.6 is 23.2 Å². The van der Waals surface area contributed by atoms with Crippen molar-refractivity contribution in [3.05, 3.63) is 53.1 Å². The lowest BCUT2D eigenvalue weighted by Crippen LogP contribution is -2.20. The van der Waals surface area contributed by atoms with Gasteiger partial charge in [-0.1, -0.05) is 0 Å². The normalized spacial score (nSPS) is 16.4. The molecule has 12 heteroatoms. The molecule has 0 aromatic heterocycles. The molecular weight excluding hydrogens is 465 g/mol. The highest BCUT2D eigenvalue weighted by atomic mass is 35.5. The van der Waals surface area contributed by atoms with Crippen LogP contribution in [0.3, 0.4) is 0 Å².